The van der Waals surface area contributed by atoms with Crippen LogP contribution in [0.4, 0.5) is 10.1 Å². The van der Waals surface area contributed by atoms with Gasteiger partial charge in [-0.2, -0.15) is 0 Å². The van der Waals surface area contributed by atoms with Crippen LogP contribution < -0.4 is 14.8 Å². The molecule has 0 spiro atoms. The van der Waals surface area contributed by atoms with Crippen LogP contribution in [-0.4, -0.2) is 19.3 Å². The number of ether oxygens (including phenoxy) is 2. The number of hydrogen-bond donors (Lipinski definition) is 2. The summed E-state index contributed by atoms with van der Waals surface area (Å²) in [4.78, 5) is 0. The summed E-state index contributed by atoms with van der Waals surface area (Å²) in [5.41, 5.74) is 1.21. The molecule has 0 radical (unpaired) electrons. The molecule has 5 heteroatoms. The first-order chi connectivity index (χ1) is 10.0. The lowest BCUT2D eigenvalue weighted by atomic mass is 10.1. The maximum absolute atomic E-state index is 13.3. The van der Waals surface area contributed by atoms with Gasteiger partial charge in [-0.3, -0.25) is 0 Å². The van der Waals surface area contributed by atoms with Crippen LogP contribution in [0.3, 0.4) is 0 Å². The number of aromatic hydroxyl groups is 1. The van der Waals surface area contributed by atoms with Gasteiger partial charge in [-0.15, -0.1) is 0 Å². The Bertz CT molecular complexity index is 631. The van der Waals surface area contributed by atoms with Gasteiger partial charge in [-0.1, -0.05) is 0 Å². The van der Waals surface area contributed by atoms with Crippen LogP contribution in [0, 0.1) is 5.82 Å². The number of benzene rings is 2. The molecular weight excluding hydrogens is 273 g/mol. The van der Waals surface area contributed by atoms with E-state index in [4.69, 9.17) is 9.47 Å². The quantitative estimate of drug-likeness (QED) is 0.881. The Morgan fingerprint density at radius 2 is 1.86 bits per heavy atom. The van der Waals surface area contributed by atoms with E-state index < -0.39 is 5.82 Å². The molecule has 0 aliphatic carbocycles. The van der Waals surface area contributed by atoms with E-state index in [0.717, 1.165) is 5.69 Å². The zero-order valence-corrected chi connectivity index (χ0v) is 12.2. The molecule has 112 valence electrons. The van der Waals surface area contributed by atoms with E-state index in [2.05, 4.69) is 5.32 Å². The van der Waals surface area contributed by atoms with Gasteiger partial charge in [-0.25, -0.2) is 4.39 Å². The molecule has 1 atom stereocenters. The Kier molecular flexibility index (Phi) is 4.52. The summed E-state index contributed by atoms with van der Waals surface area (Å²) in [6.07, 6.45) is 0. The molecule has 0 saturated carbocycles. The number of nitrogens with one attached hydrogen (secondary N) is 1. The van der Waals surface area contributed by atoms with Gasteiger partial charge < -0.3 is 19.9 Å². The highest BCUT2D eigenvalue weighted by molar-refractivity contribution is 5.60. The fraction of sp³-hybridized carbons (Fsp3) is 0.250. The number of phenolic OH excluding ortho intramolecular Hbond substituents is 1. The Balaban J connectivity index is 2.26. The monoisotopic (exact) mass is 291 g/mol. The smallest absolute Gasteiger partial charge is 0.145 e. The summed E-state index contributed by atoms with van der Waals surface area (Å²) in [7, 11) is 3.14. The van der Waals surface area contributed by atoms with E-state index >= 15 is 0 Å². The van der Waals surface area contributed by atoms with Gasteiger partial charge in [0.25, 0.3) is 0 Å². The molecule has 0 aromatic heterocycles. The third-order valence-electron chi connectivity index (χ3n) is 3.24. The van der Waals surface area contributed by atoms with E-state index in [1.54, 1.807) is 26.4 Å². The van der Waals surface area contributed by atoms with Gasteiger partial charge in [0.1, 0.15) is 23.1 Å². The van der Waals surface area contributed by atoms with Crippen molar-refractivity contribution in [2.75, 3.05) is 19.5 Å². The van der Waals surface area contributed by atoms with E-state index in [1.807, 2.05) is 13.0 Å². The highest BCUT2D eigenvalue weighted by atomic mass is 19.1. The largest absolute Gasteiger partial charge is 0.508 e. The van der Waals surface area contributed by atoms with E-state index in [9.17, 15) is 9.50 Å². The summed E-state index contributed by atoms with van der Waals surface area (Å²) < 4.78 is 23.7. The molecule has 0 aliphatic heterocycles. The second kappa shape index (κ2) is 6.35. The van der Waals surface area contributed by atoms with Gasteiger partial charge in [0.15, 0.2) is 0 Å². The molecule has 0 heterocycles. The molecule has 1 unspecified atom stereocenters. The summed E-state index contributed by atoms with van der Waals surface area (Å²) in [6.45, 7) is 1.83. The molecule has 21 heavy (non-hydrogen) atoms. The first-order valence-corrected chi connectivity index (χ1v) is 6.52. The van der Waals surface area contributed by atoms with E-state index in [-0.39, 0.29) is 11.8 Å². The first kappa shape index (κ1) is 15.0. The Morgan fingerprint density at radius 1 is 1.10 bits per heavy atom. The van der Waals surface area contributed by atoms with Crippen molar-refractivity contribution < 1.29 is 19.0 Å². The molecule has 2 rings (SSSR count). The number of rotatable bonds is 5. The van der Waals surface area contributed by atoms with Crippen LogP contribution in [0.2, 0.25) is 0 Å². The predicted molar refractivity (Wildman–Crippen MR) is 79.6 cm³/mol. The fourth-order valence-corrected chi connectivity index (χ4v) is 2.10. The molecule has 2 aromatic carbocycles. The van der Waals surface area contributed by atoms with Crippen molar-refractivity contribution in [1.82, 2.24) is 0 Å². The number of anilines is 1. The highest BCUT2D eigenvalue weighted by Crippen LogP contribution is 2.33. The van der Waals surface area contributed by atoms with Crippen molar-refractivity contribution in [3.8, 4) is 17.2 Å². The third kappa shape index (κ3) is 3.37. The maximum atomic E-state index is 13.3. The van der Waals surface area contributed by atoms with E-state index in [1.165, 1.54) is 18.2 Å². The van der Waals surface area contributed by atoms with Gasteiger partial charge in [0.05, 0.1) is 25.9 Å². The number of phenols is 1. The topological polar surface area (TPSA) is 50.7 Å². The number of halogens is 1. The average molecular weight is 291 g/mol. The maximum Gasteiger partial charge on any atom is 0.145 e. The molecule has 2 N–H and O–H groups in total. The lowest BCUT2D eigenvalue weighted by Crippen LogP contribution is -2.08. The first-order valence-electron chi connectivity index (χ1n) is 6.52. The Labute approximate surface area is 123 Å². The zero-order chi connectivity index (χ0) is 15.4. The molecule has 0 fully saturated rings. The highest BCUT2D eigenvalue weighted by Gasteiger charge is 2.14. The fourth-order valence-electron chi connectivity index (χ4n) is 2.10. The van der Waals surface area contributed by atoms with Crippen LogP contribution in [0.15, 0.2) is 36.4 Å². The van der Waals surface area contributed by atoms with Gasteiger partial charge in [0, 0.05) is 11.6 Å². The molecule has 4 nitrogen and oxygen atoms in total. The standard InChI is InChI=1S/C16H18FNO3/c1-10(13-8-11(17)4-7-15(13)19)18-14-6-5-12(20-2)9-16(14)21-3/h4-10,18-19H,1-3H3. The molecule has 0 bridgehead atoms. The second-order valence-corrected chi connectivity index (χ2v) is 4.64. The van der Waals surface area contributed by atoms with Crippen LogP contribution in [0.5, 0.6) is 17.2 Å². The zero-order valence-electron chi connectivity index (χ0n) is 12.2. The van der Waals surface area contributed by atoms with Crippen molar-refractivity contribution >= 4 is 5.69 Å². The molecular formula is C16H18FNO3. The van der Waals surface area contributed by atoms with Crippen LogP contribution >= 0.6 is 0 Å². The second-order valence-electron chi connectivity index (χ2n) is 4.64. The van der Waals surface area contributed by atoms with Gasteiger partial charge >= 0.3 is 0 Å². The van der Waals surface area contributed by atoms with E-state index in [0.29, 0.717) is 17.1 Å². The molecule has 0 amide bonds. The van der Waals surface area contributed by atoms with Crippen molar-refractivity contribution in [2.45, 2.75) is 13.0 Å². The third-order valence-corrected chi connectivity index (χ3v) is 3.24. The lowest BCUT2D eigenvalue weighted by molar-refractivity contribution is 0.395. The Morgan fingerprint density at radius 3 is 2.52 bits per heavy atom. The molecule has 2 aromatic rings. The minimum absolute atomic E-state index is 0.0453. The van der Waals surface area contributed by atoms with Crippen LogP contribution in [0.1, 0.15) is 18.5 Å². The van der Waals surface area contributed by atoms with Crippen LogP contribution in [0.25, 0.3) is 0 Å². The normalized spacial score (nSPS) is 11.8. The molecule has 0 aliphatic rings. The summed E-state index contributed by atoms with van der Waals surface area (Å²) in [5.74, 6) is 0.942. The van der Waals surface area contributed by atoms with Crippen molar-refractivity contribution in [3.05, 3.63) is 47.8 Å². The minimum atomic E-state index is -0.391. The van der Waals surface area contributed by atoms with Crippen molar-refractivity contribution in [2.24, 2.45) is 0 Å². The Hall–Kier alpha value is -2.43. The van der Waals surface area contributed by atoms with Crippen molar-refractivity contribution in [1.29, 1.82) is 0 Å². The summed E-state index contributed by atoms with van der Waals surface area (Å²) in [5, 5.41) is 13.0. The number of hydrogen-bond acceptors (Lipinski definition) is 4. The SMILES string of the molecule is COc1ccc(NC(C)c2cc(F)ccc2O)c(OC)c1. The summed E-state index contributed by atoms with van der Waals surface area (Å²) in [6, 6.07) is 8.94. The lowest BCUT2D eigenvalue weighted by Gasteiger charge is -2.19. The van der Waals surface area contributed by atoms with Gasteiger partial charge in [-0.05, 0) is 37.3 Å². The van der Waals surface area contributed by atoms with Gasteiger partial charge in [0.2, 0.25) is 0 Å². The average Bonchev–Trinajstić information content (AvgIpc) is 2.49. The summed E-state index contributed by atoms with van der Waals surface area (Å²) >= 11 is 0. The number of methoxy groups -OCH3 is 2. The molecule has 0 saturated heterocycles. The minimum Gasteiger partial charge on any atom is -0.508 e. The predicted octanol–water partition coefficient (Wildman–Crippen LogP) is 3.72. The van der Waals surface area contributed by atoms with Crippen LogP contribution in [-0.2, 0) is 0 Å². The van der Waals surface area contributed by atoms with Crippen molar-refractivity contribution in [3.63, 3.8) is 0 Å².